The van der Waals surface area contributed by atoms with Gasteiger partial charge in [0.15, 0.2) is 0 Å². The Hall–Kier alpha value is -1.33. The predicted molar refractivity (Wildman–Crippen MR) is 78.4 cm³/mol. The van der Waals surface area contributed by atoms with Crippen LogP contribution >= 0.6 is 11.6 Å². The number of hydrogen-bond donors (Lipinski definition) is 1. The fraction of sp³-hybridized carbons (Fsp3) is 0.538. The molecule has 0 spiro atoms. The van der Waals surface area contributed by atoms with E-state index in [1.165, 1.54) is 0 Å². The summed E-state index contributed by atoms with van der Waals surface area (Å²) < 4.78 is 0. The van der Waals surface area contributed by atoms with E-state index in [0.717, 1.165) is 18.1 Å². The summed E-state index contributed by atoms with van der Waals surface area (Å²) in [6.45, 7) is 3.70. The molecule has 1 amide bonds. The van der Waals surface area contributed by atoms with Gasteiger partial charge in [0.25, 0.3) is 0 Å². The molecule has 0 aliphatic heterocycles. The second-order valence-corrected chi connectivity index (χ2v) is 5.02. The zero-order valence-electron chi connectivity index (χ0n) is 11.9. The first-order chi connectivity index (χ1) is 8.93. The van der Waals surface area contributed by atoms with Gasteiger partial charge in [0.1, 0.15) is 5.82 Å². The zero-order valence-corrected chi connectivity index (χ0v) is 12.7. The van der Waals surface area contributed by atoms with Gasteiger partial charge in [-0.05, 0) is 26.1 Å². The van der Waals surface area contributed by atoms with Crippen LogP contribution < -0.4 is 5.32 Å². The summed E-state index contributed by atoms with van der Waals surface area (Å²) in [5.74, 6) is 0.857. The first-order valence-electron chi connectivity index (χ1n) is 6.22. The van der Waals surface area contributed by atoms with Crippen LogP contribution in [0.4, 0.5) is 5.82 Å². The van der Waals surface area contributed by atoms with Gasteiger partial charge in [-0.2, -0.15) is 0 Å². The van der Waals surface area contributed by atoms with Gasteiger partial charge in [-0.15, -0.1) is 0 Å². The maximum Gasteiger partial charge on any atom is 0.236 e. The fourth-order valence-electron chi connectivity index (χ4n) is 1.56. The number of aromatic nitrogens is 1. The lowest BCUT2D eigenvalue weighted by molar-refractivity contribution is -0.129. The Bertz CT molecular complexity index is 437. The zero-order chi connectivity index (χ0) is 14.4. The lowest BCUT2D eigenvalue weighted by Crippen LogP contribution is -2.34. The van der Waals surface area contributed by atoms with E-state index in [4.69, 9.17) is 11.6 Å². The van der Waals surface area contributed by atoms with Crippen LogP contribution in [0.25, 0.3) is 0 Å². The van der Waals surface area contributed by atoms with Gasteiger partial charge < -0.3 is 10.2 Å². The van der Waals surface area contributed by atoms with E-state index in [0.29, 0.717) is 18.1 Å². The molecule has 0 saturated heterocycles. The average Bonchev–Trinajstić information content (AvgIpc) is 2.33. The summed E-state index contributed by atoms with van der Waals surface area (Å²) in [4.78, 5) is 19.5. The van der Waals surface area contributed by atoms with Gasteiger partial charge in [0.05, 0.1) is 17.3 Å². The van der Waals surface area contributed by atoms with E-state index in [1.807, 2.05) is 31.0 Å². The standard InChI is InChI=1S/C13H21ClN4O/c1-5-15-12-7-6-10(14)11(16-12)8-18(4)9-13(19)17(2)3/h6-7H,5,8-9H2,1-4H3,(H,15,16). The van der Waals surface area contributed by atoms with Crippen LogP contribution in [0, 0.1) is 0 Å². The Morgan fingerprint density at radius 3 is 2.63 bits per heavy atom. The number of carbonyl (C=O) groups excluding carboxylic acids is 1. The van der Waals surface area contributed by atoms with Gasteiger partial charge >= 0.3 is 0 Å². The maximum atomic E-state index is 11.6. The van der Waals surface area contributed by atoms with Crippen molar-refractivity contribution in [3.8, 4) is 0 Å². The van der Waals surface area contributed by atoms with Crippen molar-refractivity contribution in [2.24, 2.45) is 0 Å². The van der Waals surface area contributed by atoms with Crippen LogP contribution in [0.1, 0.15) is 12.6 Å². The van der Waals surface area contributed by atoms with Crippen molar-refractivity contribution in [2.75, 3.05) is 39.5 Å². The smallest absolute Gasteiger partial charge is 0.236 e. The highest BCUT2D eigenvalue weighted by Gasteiger charge is 2.11. The lowest BCUT2D eigenvalue weighted by atomic mass is 10.3. The number of hydrogen-bond acceptors (Lipinski definition) is 4. The third kappa shape index (κ3) is 5.04. The van der Waals surface area contributed by atoms with Gasteiger partial charge in [-0.1, -0.05) is 11.6 Å². The first kappa shape index (κ1) is 15.7. The molecule has 0 saturated carbocycles. The molecule has 5 nitrogen and oxygen atoms in total. The van der Waals surface area contributed by atoms with E-state index in [-0.39, 0.29) is 5.91 Å². The van der Waals surface area contributed by atoms with E-state index in [9.17, 15) is 4.79 Å². The largest absolute Gasteiger partial charge is 0.370 e. The minimum absolute atomic E-state index is 0.0569. The van der Waals surface area contributed by atoms with Crippen molar-refractivity contribution >= 4 is 23.3 Å². The number of anilines is 1. The highest BCUT2D eigenvalue weighted by molar-refractivity contribution is 6.31. The van der Waals surface area contributed by atoms with Crippen molar-refractivity contribution in [3.05, 3.63) is 22.8 Å². The summed E-state index contributed by atoms with van der Waals surface area (Å²) >= 11 is 6.13. The van der Waals surface area contributed by atoms with Crippen LogP contribution in [-0.4, -0.2) is 54.9 Å². The van der Waals surface area contributed by atoms with Gasteiger partial charge in [0.2, 0.25) is 5.91 Å². The molecule has 0 bridgehead atoms. The minimum atomic E-state index is 0.0569. The monoisotopic (exact) mass is 284 g/mol. The Morgan fingerprint density at radius 2 is 2.05 bits per heavy atom. The van der Waals surface area contributed by atoms with Crippen LogP contribution in [0.5, 0.6) is 0 Å². The fourth-order valence-corrected chi connectivity index (χ4v) is 1.72. The normalized spacial score (nSPS) is 10.6. The van der Waals surface area contributed by atoms with Crippen molar-refractivity contribution in [1.29, 1.82) is 0 Å². The Kier molecular flexibility index (Phi) is 6.05. The van der Waals surface area contributed by atoms with Crippen LogP contribution in [0.3, 0.4) is 0 Å². The second-order valence-electron chi connectivity index (χ2n) is 4.62. The highest BCUT2D eigenvalue weighted by atomic mass is 35.5. The van der Waals surface area contributed by atoms with Crippen LogP contribution in [0.15, 0.2) is 12.1 Å². The molecule has 0 radical (unpaired) electrons. The number of pyridine rings is 1. The van der Waals surface area contributed by atoms with Crippen molar-refractivity contribution < 1.29 is 4.79 Å². The molecule has 0 aliphatic rings. The summed E-state index contributed by atoms with van der Waals surface area (Å²) in [6, 6.07) is 3.67. The van der Waals surface area contributed by atoms with E-state index in [2.05, 4.69) is 10.3 Å². The number of nitrogens with zero attached hydrogens (tertiary/aromatic N) is 3. The molecule has 106 valence electrons. The molecule has 0 fully saturated rings. The third-order valence-corrected chi connectivity index (χ3v) is 2.94. The quantitative estimate of drug-likeness (QED) is 0.864. The van der Waals surface area contributed by atoms with Gasteiger partial charge in [-0.25, -0.2) is 4.98 Å². The van der Waals surface area contributed by atoms with Crippen LogP contribution in [-0.2, 0) is 11.3 Å². The summed E-state index contributed by atoms with van der Waals surface area (Å²) in [5, 5.41) is 3.76. The Labute approximate surface area is 119 Å². The molecular formula is C13H21ClN4O. The molecule has 0 unspecified atom stereocenters. The Morgan fingerprint density at radius 1 is 1.37 bits per heavy atom. The summed E-state index contributed by atoms with van der Waals surface area (Å²) in [5.41, 5.74) is 0.772. The molecule has 1 N–H and O–H groups in total. The molecule has 1 aromatic rings. The van der Waals surface area contributed by atoms with E-state index in [1.54, 1.807) is 19.0 Å². The number of nitrogens with one attached hydrogen (secondary N) is 1. The summed E-state index contributed by atoms with van der Waals surface area (Å²) in [6.07, 6.45) is 0. The molecule has 1 rings (SSSR count). The Balaban J connectivity index is 2.70. The first-order valence-corrected chi connectivity index (χ1v) is 6.59. The predicted octanol–water partition coefficient (Wildman–Crippen LogP) is 1.69. The molecule has 0 atom stereocenters. The number of amides is 1. The second kappa shape index (κ2) is 7.31. The molecule has 1 heterocycles. The molecule has 6 heteroatoms. The molecule has 1 aromatic heterocycles. The topological polar surface area (TPSA) is 48.5 Å². The van der Waals surface area contributed by atoms with Gasteiger partial charge in [0, 0.05) is 27.2 Å². The maximum absolute atomic E-state index is 11.6. The molecule has 0 aromatic carbocycles. The number of likely N-dealkylation sites (N-methyl/N-ethyl adjacent to an activating group) is 2. The third-order valence-electron chi connectivity index (χ3n) is 2.60. The van der Waals surface area contributed by atoms with Crippen LogP contribution in [0.2, 0.25) is 5.02 Å². The number of rotatable bonds is 6. The number of carbonyl (C=O) groups is 1. The lowest BCUT2D eigenvalue weighted by Gasteiger charge is -2.19. The summed E-state index contributed by atoms with van der Waals surface area (Å²) in [7, 11) is 5.36. The van der Waals surface area contributed by atoms with E-state index >= 15 is 0 Å². The van der Waals surface area contributed by atoms with E-state index < -0.39 is 0 Å². The minimum Gasteiger partial charge on any atom is -0.370 e. The average molecular weight is 285 g/mol. The highest BCUT2D eigenvalue weighted by Crippen LogP contribution is 2.18. The molecular weight excluding hydrogens is 264 g/mol. The van der Waals surface area contributed by atoms with Crippen molar-refractivity contribution in [3.63, 3.8) is 0 Å². The van der Waals surface area contributed by atoms with Crippen molar-refractivity contribution in [1.82, 2.24) is 14.8 Å². The number of halogens is 1. The SMILES string of the molecule is CCNc1ccc(Cl)c(CN(C)CC(=O)N(C)C)n1. The molecule has 0 aliphatic carbocycles. The molecule has 19 heavy (non-hydrogen) atoms. The van der Waals surface area contributed by atoms with Crippen molar-refractivity contribution in [2.45, 2.75) is 13.5 Å². The van der Waals surface area contributed by atoms with Gasteiger partial charge in [-0.3, -0.25) is 9.69 Å².